The van der Waals surface area contributed by atoms with Gasteiger partial charge in [0.15, 0.2) is 5.78 Å². The summed E-state index contributed by atoms with van der Waals surface area (Å²) in [4.78, 5) is 10.9. The number of hydrogen-bond donors (Lipinski definition) is 0. The highest BCUT2D eigenvalue weighted by Crippen LogP contribution is 2.06. The molecule has 0 aliphatic carbocycles. The number of ether oxygens (including phenoxy) is 1. The average molecular weight is 212 g/mol. The van der Waals surface area contributed by atoms with E-state index in [-0.39, 0.29) is 5.78 Å². The Morgan fingerprint density at radius 3 is 2.40 bits per heavy atom. The van der Waals surface area contributed by atoms with Crippen molar-refractivity contribution in [2.75, 3.05) is 6.61 Å². The SMILES string of the molecule is C=CC(=O)CCCCCCCOC(C)C. The Kier molecular flexibility index (Phi) is 9.49. The van der Waals surface area contributed by atoms with E-state index >= 15 is 0 Å². The topological polar surface area (TPSA) is 26.3 Å². The Labute approximate surface area is 93.7 Å². The van der Waals surface area contributed by atoms with Gasteiger partial charge in [0.1, 0.15) is 0 Å². The van der Waals surface area contributed by atoms with Gasteiger partial charge in [0.05, 0.1) is 6.10 Å². The Bertz CT molecular complexity index is 173. The standard InChI is InChI=1S/C13H24O2/c1-4-13(14)10-8-6-5-7-9-11-15-12(2)3/h4,12H,1,5-11H2,2-3H3. The fourth-order valence-corrected chi connectivity index (χ4v) is 1.35. The van der Waals surface area contributed by atoms with Gasteiger partial charge in [-0.05, 0) is 32.8 Å². The van der Waals surface area contributed by atoms with Crippen LogP contribution in [0.5, 0.6) is 0 Å². The van der Waals surface area contributed by atoms with E-state index in [1.54, 1.807) is 0 Å². The molecule has 0 fully saturated rings. The molecule has 0 heterocycles. The van der Waals surface area contributed by atoms with Gasteiger partial charge in [-0.1, -0.05) is 25.8 Å². The number of unbranched alkanes of at least 4 members (excludes halogenated alkanes) is 4. The first-order valence-corrected chi connectivity index (χ1v) is 5.93. The van der Waals surface area contributed by atoms with E-state index in [0.29, 0.717) is 12.5 Å². The van der Waals surface area contributed by atoms with Gasteiger partial charge in [-0.25, -0.2) is 0 Å². The second kappa shape index (κ2) is 9.91. The molecule has 0 atom stereocenters. The molecule has 0 bridgehead atoms. The Morgan fingerprint density at radius 2 is 1.80 bits per heavy atom. The van der Waals surface area contributed by atoms with Crippen LogP contribution in [-0.4, -0.2) is 18.5 Å². The third-order valence-electron chi connectivity index (χ3n) is 2.25. The molecular weight excluding hydrogens is 188 g/mol. The summed E-state index contributed by atoms with van der Waals surface area (Å²) in [5.41, 5.74) is 0. The molecule has 0 amide bonds. The first kappa shape index (κ1) is 14.4. The lowest BCUT2D eigenvalue weighted by atomic mass is 10.1. The van der Waals surface area contributed by atoms with E-state index in [2.05, 4.69) is 20.4 Å². The first-order valence-electron chi connectivity index (χ1n) is 5.93. The maximum atomic E-state index is 10.9. The predicted octanol–water partition coefficient (Wildman–Crippen LogP) is 3.51. The lowest BCUT2D eigenvalue weighted by Crippen LogP contribution is -2.03. The first-order chi connectivity index (χ1) is 7.16. The van der Waals surface area contributed by atoms with Crippen LogP contribution in [0.3, 0.4) is 0 Å². The summed E-state index contributed by atoms with van der Waals surface area (Å²) in [5.74, 6) is 0.165. The van der Waals surface area contributed by atoms with Crippen LogP contribution in [0.15, 0.2) is 12.7 Å². The third kappa shape index (κ3) is 11.3. The van der Waals surface area contributed by atoms with Crippen molar-refractivity contribution in [1.29, 1.82) is 0 Å². The van der Waals surface area contributed by atoms with Gasteiger partial charge in [0.2, 0.25) is 0 Å². The minimum atomic E-state index is 0.165. The molecule has 0 N–H and O–H groups in total. The molecule has 0 aromatic carbocycles. The summed E-state index contributed by atoms with van der Waals surface area (Å²) in [6.45, 7) is 8.43. The number of hydrogen-bond acceptors (Lipinski definition) is 2. The maximum absolute atomic E-state index is 10.9. The van der Waals surface area contributed by atoms with Crippen LogP contribution in [0.25, 0.3) is 0 Å². The summed E-state index contributed by atoms with van der Waals surface area (Å²) < 4.78 is 5.44. The molecule has 2 nitrogen and oxygen atoms in total. The Hall–Kier alpha value is -0.630. The minimum absolute atomic E-state index is 0.165. The van der Waals surface area contributed by atoms with Crippen molar-refractivity contribution in [3.05, 3.63) is 12.7 Å². The van der Waals surface area contributed by atoms with E-state index < -0.39 is 0 Å². The maximum Gasteiger partial charge on any atom is 0.155 e. The zero-order chi connectivity index (χ0) is 11.5. The van der Waals surface area contributed by atoms with Gasteiger partial charge >= 0.3 is 0 Å². The van der Waals surface area contributed by atoms with Gasteiger partial charge in [-0.2, -0.15) is 0 Å². The molecule has 0 aromatic rings. The monoisotopic (exact) mass is 212 g/mol. The van der Waals surface area contributed by atoms with Crippen molar-refractivity contribution in [1.82, 2.24) is 0 Å². The van der Waals surface area contributed by atoms with Crippen LogP contribution >= 0.6 is 0 Å². The Balaban J connectivity index is 3.05. The molecule has 2 heteroatoms. The van der Waals surface area contributed by atoms with E-state index in [1.165, 1.54) is 18.9 Å². The van der Waals surface area contributed by atoms with Gasteiger partial charge < -0.3 is 4.74 Å². The van der Waals surface area contributed by atoms with Crippen molar-refractivity contribution in [3.63, 3.8) is 0 Å². The summed E-state index contributed by atoms with van der Waals surface area (Å²) in [6, 6.07) is 0. The molecule has 0 unspecified atom stereocenters. The van der Waals surface area contributed by atoms with Gasteiger partial charge in [-0.3, -0.25) is 4.79 Å². The second-order valence-corrected chi connectivity index (χ2v) is 4.11. The highest BCUT2D eigenvalue weighted by atomic mass is 16.5. The van der Waals surface area contributed by atoms with E-state index in [9.17, 15) is 4.79 Å². The van der Waals surface area contributed by atoms with Crippen LogP contribution in [0.1, 0.15) is 52.4 Å². The fraction of sp³-hybridized carbons (Fsp3) is 0.769. The van der Waals surface area contributed by atoms with Gasteiger partial charge in [0.25, 0.3) is 0 Å². The van der Waals surface area contributed by atoms with Crippen molar-refractivity contribution in [3.8, 4) is 0 Å². The molecular formula is C13H24O2. The summed E-state index contributed by atoms with van der Waals surface area (Å²) in [6.07, 6.45) is 8.09. The zero-order valence-electron chi connectivity index (χ0n) is 10.1. The number of carbonyl (C=O) groups excluding carboxylic acids is 1. The fourth-order valence-electron chi connectivity index (χ4n) is 1.35. The highest BCUT2D eigenvalue weighted by molar-refractivity contribution is 5.88. The van der Waals surface area contributed by atoms with Crippen LogP contribution in [0.2, 0.25) is 0 Å². The summed E-state index contributed by atoms with van der Waals surface area (Å²) in [7, 11) is 0. The second-order valence-electron chi connectivity index (χ2n) is 4.11. The highest BCUT2D eigenvalue weighted by Gasteiger charge is 1.96. The molecule has 0 spiro atoms. The normalized spacial score (nSPS) is 10.6. The number of allylic oxidation sites excluding steroid dienone is 1. The smallest absolute Gasteiger partial charge is 0.155 e. The summed E-state index contributed by atoms with van der Waals surface area (Å²) >= 11 is 0. The molecule has 15 heavy (non-hydrogen) atoms. The Morgan fingerprint density at radius 1 is 1.20 bits per heavy atom. The molecule has 0 saturated carbocycles. The number of carbonyl (C=O) groups is 1. The van der Waals surface area contributed by atoms with Crippen molar-refractivity contribution in [2.24, 2.45) is 0 Å². The zero-order valence-corrected chi connectivity index (χ0v) is 10.1. The van der Waals surface area contributed by atoms with Crippen molar-refractivity contribution >= 4 is 5.78 Å². The molecule has 0 aliphatic rings. The largest absolute Gasteiger partial charge is 0.379 e. The number of ketones is 1. The third-order valence-corrected chi connectivity index (χ3v) is 2.25. The van der Waals surface area contributed by atoms with E-state index in [0.717, 1.165) is 25.9 Å². The van der Waals surface area contributed by atoms with Crippen LogP contribution in [0, 0.1) is 0 Å². The molecule has 88 valence electrons. The quantitative estimate of drug-likeness (QED) is 0.409. The summed E-state index contributed by atoms with van der Waals surface area (Å²) in [5, 5.41) is 0. The lowest BCUT2D eigenvalue weighted by Gasteiger charge is -2.06. The molecule has 0 radical (unpaired) electrons. The van der Waals surface area contributed by atoms with Crippen LogP contribution < -0.4 is 0 Å². The number of rotatable bonds is 10. The molecule has 0 aliphatic heterocycles. The lowest BCUT2D eigenvalue weighted by molar-refractivity contribution is -0.114. The minimum Gasteiger partial charge on any atom is -0.379 e. The van der Waals surface area contributed by atoms with Crippen molar-refractivity contribution < 1.29 is 9.53 Å². The van der Waals surface area contributed by atoms with Gasteiger partial charge in [-0.15, -0.1) is 0 Å². The molecule has 0 aromatic heterocycles. The van der Waals surface area contributed by atoms with E-state index in [4.69, 9.17) is 4.74 Å². The van der Waals surface area contributed by atoms with Crippen molar-refractivity contribution in [2.45, 2.75) is 58.5 Å². The van der Waals surface area contributed by atoms with E-state index in [1.807, 2.05) is 0 Å². The predicted molar refractivity (Wildman–Crippen MR) is 64.0 cm³/mol. The van der Waals surface area contributed by atoms with Gasteiger partial charge in [0, 0.05) is 13.0 Å². The van der Waals surface area contributed by atoms with Crippen LogP contribution in [-0.2, 0) is 9.53 Å². The van der Waals surface area contributed by atoms with Crippen LogP contribution in [0.4, 0.5) is 0 Å². The molecule has 0 rings (SSSR count). The average Bonchev–Trinajstić information content (AvgIpc) is 2.21. The molecule has 0 saturated heterocycles.